The fourth-order valence-electron chi connectivity index (χ4n) is 5.57. The van der Waals surface area contributed by atoms with E-state index in [2.05, 4.69) is 45.5 Å². The van der Waals surface area contributed by atoms with Gasteiger partial charge in [-0.05, 0) is 47.1 Å². The number of carbonyl (C=O) groups excluding carboxylic acids is 2. The van der Waals surface area contributed by atoms with E-state index in [0.29, 0.717) is 44.0 Å². The predicted molar refractivity (Wildman–Crippen MR) is 130 cm³/mol. The number of likely N-dealkylation sites (tertiary alicyclic amines) is 1. The molecule has 2 aromatic rings. The highest BCUT2D eigenvalue weighted by molar-refractivity contribution is 5.96. The van der Waals surface area contributed by atoms with Gasteiger partial charge < -0.3 is 15.0 Å². The maximum absolute atomic E-state index is 12.9. The minimum atomic E-state index is -0.283. The maximum Gasteiger partial charge on any atom is 0.246 e. The highest BCUT2D eigenvalue weighted by atomic mass is 16.5. The molecule has 1 aliphatic carbocycles. The summed E-state index contributed by atoms with van der Waals surface area (Å²) >= 11 is 0. The zero-order valence-electron chi connectivity index (χ0n) is 19.0. The van der Waals surface area contributed by atoms with Gasteiger partial charge in [-0.25, -0.2) is 4.98 Å². The van der Waals surface area contributed by atoms with Gasteiger partial charge in [0, 0.05) is 44.0 Å². The standard InChI is InChI=1S/C27H28N4O3/c32-25(31-14-21-11-20(12-22(21)15-31)19-4-2-1-3-5-19)7-6-18-10-23-16-30-8-9-34-17-24(30)27(33)29-26(23)28-13-18/h1-7,10-11,13,21-22,24H,8-9,12,14-17H2,(H,28,29,33)/b7-6+. The zero-order chi connectivity index (χ0) is 23.1. The van der Waals surface area contributed by atoms with E-state index in [0.717, 1.165) is 30.6 Å². The summed E-state index contributed by atoms with van der Waals surface area (Å²) in [5.41, 5.74) is 4.52. The Bertz CT molecular complexity index is 1180. The average molecular weight is 457 g/mol. The molecular formula is C27H28N4O3. The van der Waals surface area contributed by atoms with E-state index < -0.39 is 0 Å². The smallest absolute Gasteiger partial charge is 0.246 e. The predicted octanol–water partition coefficient (Wildman–Crippen LogP) is 2.81. The van der Waals surface area contributed by atoms with Gasteiger partial charge in [-0.2, -0.15) is 0 Å². The van der Waals surface area contributed by atoms with E-state index in [1.807, 2.05) is 23.1 Å². The molecule has 34 heavy (non-hydrogen) atoms. The third kappa shape index (κ3) is 4.06. The zero-order valence-corrected chi connectivity index (χ0v) is 19.0. The Hall–Kier alpha value is -3.29. The number of nitrogens with one attached hydrogen (secondary N) is 1. The number of ether oxygens (including phenoxy) is 1. The van der Waals surface area contributed by atoms with Gasteiger partial charge in [0.25, 0.3) is 0 Å². The summed E-state index contributed by atoms with van der Waals surface area (Å²) in [6.45, 7) is 3.95. The number of hydrogen-bond donors (Lipinski definition) is 1. The van der Waals surface area contributed by atoms with Crippen molar-refractivity contribution in [1.29, 1.82) is 0 Å². The van der Waals surface area contributed by atoms with Crippen LogP contribution in [0.2, 0.25) is 0 Å². The first kappa shape index (κ1) is 21.3. The van der Waals surface area contributed by atoms with E-state index in [1.54, 1.807) is 12.3 Å². The third-order valence-electron chi connectivity index (χ3n) is 7.41. The van der Waals surface area contributed by atoms with Gasteiger partial charge in [0.1, 0.15) is 11.9 Å². The topological polar surface area (TPSA) is 74.8 Å². The van der Waals surface area contributed by atoms with Gasteiger partial charge in [0.2, 0.25) is 11.8 Å². The van der Waals surface area contributed by atoms with E-state index >= 15 is 0 Å². The fraction of sp³-hybridized carbons (Fsp3) is 0.370. The molecule has 3 atom stereocenters. The first-order chi connectivity index (χ1) is 16.6. The van der Waals surface area contributed by atoms with Crippen molar-refractivity contribution in [2.24, 2.45) is 11.8 Å². The van der Waals surface area contributed by atoms with Crippen molar-refractivity contribution >= 4 is 29.3 Å². The summed E-state index contributed by atoms with van der Waals surface area (Å²) in [6, 6.07) is 12.3. The number of fused-ring (bicyclic) bond motifs is 3. The van der Waals surface area contributed by atoms with Crippen LogP contribution in [-0.2, 0) is 20.9 Å². The molecule has 2 amide bonds. The number of anilines is 1. The number of morpholine rings is 1. The number of pyridine rings is 1. The van der Waals surface area contributed by atoms with Crippen LogP contribution in [0.15, 0.2) is 54.7 Å². The molecule has 0 spiro atoms. The lowest BCUT2D eigenvalue weighted by Gasteiger charge is -2.32. The molecule has 6 rings (SSSR count). The quantitative estimate of drug-likeness (QED) is 0.719. The molecule has 174 valence electrons. The van der Waals surface area contributed by atoms with Gasteiger partial charge in [-0.1, -0.05) is 36.4 Å². The Morgan fingerprint density at radius 2 is 2.09 bits per heavy atom. The number of nitrogens with zero attached hydrogens (tertiary/aromatic N) is 3. The van der Waals surface area contributed by atoms with Gasteiger partial charge in [0.15, 0.2) is 0 Å². The van der Waals surface area contributed by atoms with Crippen molar-refractivity contribution in [2.45, 2.75) is 19.0 Å². The monoisotopic (exact) mass is 456 g/mol. The molecule has 1 N–H and O–H groups in total. The molecule has 3 unspecified atom stereocenters. The Labute approximate surface area is 199 Å². The number of hydrogen-bond acceptors (Lipinski definition) is 5. The molecule has 0 bridgehead atoms. The van der Waals surface area contributed by atoms with Crippen LogP contribution in [0.3, 0.4) is 0 Å². The molecule has 7 heteroatoms. The van der Waals surface area contributed by atoms with Crippen molar-refractivity contribution in [3.05, 3.63) is 71.4 Å². The molecule has 1 aromatic carbocycles. The molecule has 2 fully saturated rings. The van der Waals surface area contributed by atoms with Crippen LogP contribution in [0.5, 0.6) is 0 Å². The van der Waals surface area contributed by atoms with Crippen LogP contribution < -0.4 is 5.32 Å². The average Bonchev–Trinajstić information content (AvgIpc) is 3.40. The Morgan fingerprint density at radius 3 is 2.94 bits per heavy atom. The lowest BCUT2D eigenvalue weighted by Crippen LogP contribution is -2.49. The molecule has 4 heterocycles. The van der Waals surface area contributed by atoms with Crippen molar-refractivity contribution in [3.8, 4) is 0 Å². The SMILES string of the molecule is O=C1Nc2ncc(/C=C/C(=O)N3CC4C=C(c5ccccc5)CC4C3)cc2CN2CCOCC12. The second-order valence-corrected chi connectivity index (χ2v) is 9.59. The lowest BCUT2D eigenvalue weighted by molar-refractivity contribution is -0.127. The molecule has 3 aliphatic heterocycles. The third-order valence-corrected chi connectivity index (χ3v) is 7.41. The number of amides is 2. The van der Waals surface area contributed by atoms with Crippen molar-refractivity contribution < 1.29 is 14.3 Å². The molecule has 7 nitrogen and oxygen atoms in total. The molecule has 0 saturated carbocycles. The fourth-order valence-corrected chi connectivity index (χ4v) is 5.57. The van der Waals surface area contributed by atoms with Crippen LogP contribution in [-0.4, -0.2) is 65.5 Å². The van der Waals surface area contributed by atoms with Crippen LogP contribution in [0.4, 0.5) is 5.82 Å². The van der Waals surface area contributed by atoms with E-state index in [9.17, 15) is 9.59 Å². The summed E-state index contributed by atoms with van der Waals surface area (Å²) in [5.74, 6) is 1.50. The van der Waals surface area contributed by atoms with Crippen LogP contribution >= 0.6 is 0 Å². The lowest BCUT2D eigenvalue weighted by atomic mass is 9.98. The summed E-state index contributed by atoms with van der Waals surface area (Å²) in [4.78, 5) is 33.9. The first-order valence-electron chi connectivity index (χ1n) is 12.0. The summed E-state index contributed by atoms with van der Waals surface area (Å²) in [5, 5.41) is 2.92. The summed E-state index contributed by atoms with van der Waals surface area (Å²) in [6.07, 6.45) is 8.58. The number of carbonyl (C=O) groups is 2. The number of benzene rings is 1. The van der Waals surface area contributed by atoms with E-state index in [-0.39, 0.29) is 17.9 Å². The number of aromatic nitrogens is 1. The van der Waals surface area contributed by atoms with Gasteiger partial charge in [-0.15, -0.1) is 0 Å². The molecule has 1 aromatic heterocycles. The number of rotatable bonds is 3. The minimum absolute atomic E-state index is 0.0422. The molecular weight excluding hydrogens is 428 g/mol. The molecule has 2 saturated heterocycles. The Balaban J connectivity index is 1.12. The van der Waals surface area contributed by atoms with Crippen molar-refractivity contribution in [2.75, 3.05) is 38.2 Å². The van der Waals surface area contributed by atoms with Crippen LogP contribution in [0.1, 0.15) is 23.1 Å². The van der Waals surface area contributed by atoms with Gasteiger partial charge >= 0.3 is 0 Å². The van der Waals surface area contributed by atoms with Crippen molar-refractivity contribution in [3.63, 3.8) is 0 Å². The molecule has 0 radical (unpaired) electrons. The summed E-state index contributed by atoms with van der Waals surface area (Å²) in [7, 11) is 0. The maximum atomic E-state index is 12.9. The largest absolute Gasteiger partial charge is 0.378 e. The molecule has 4 aliphatic rings. The van der Waals surface area contributed by atoms with E-state index in [4.69, 9.17) is 4.74 Å². The second kappa shape index (κ2) is 8.81. The normalized spacial score (nSPS) is 26.5. The van der Waals surface area contributed by atoms with E-state index in [1.165, 1.54) is 11.1 Å². The first-order valence-corrected chi connectivity index (χ1v) is 12.0. The van der Waals surface area contributed by atoms with Gasteiger partial charge in [0.05, 0.1) is 13.2 Å². The highest BCUT2D eigenvalue weighted by Gasteiger charge is 2.38. The Morgan fingerprint density at radius 1 is 1.21 bits per heavy atom. The van der Waals surface area contributed by atoms with Gasteiger partial charge in [-0.3, -0.25) is 14.5 Å². The summed E-state index contributed by atoms with van der Waals surface area (Å²) < 4.78 is 5.48. The highest BCUT2D eigenvalue weighted by Crippen LogP contribution is 2.41. The van der Waals surface area contributed by atoms with Crippen LogP contribution in [0.25, 0.3) is 11.6 Å². The number of allylic oxidation sites excluding steroid dienone is 1. The minimum Gasteiger partial charge on any atom is -0.378 e. The van der Waals surface area contributed by atoms with Crippen LogP contribution in [0, 0.1) is 11.8 Å². The van der Waals surface area contributed by atoms with Crippen molar-refractivity contribution in [1.82, 2.24) is 14.8 Å². The Kier molecular flexibility index (Phi) is 5.51. The second-order valence-electron chi connectivity index (χ2n) is 9.59.